The van der Waals surface area contributed by atoms with Crippen molar-refractivity contribution >= 4 is 5.82 Å². The van der Waals surface area contributed by atoms with Gasteiger partial charge >= 0.3 is 0 Å². The van der Waals surface area contributed by atoms with Gasteiger partial charge in [-0.05, 0) is 18.1 Å². The third-order valence-corrected chi connectivity index (χ3v) is 2.90. The summed E-state index contributed by atoms with van der Waals surface area (Å²) in [7, 11) is 2.02. The molecular weight excluding hydrogens is 224 g/mol. The van der Waals surface area contributed by atoms with Crippen LogP contribution in [0.15, 0.2) is 36.7 Å². The van der Waals surface area contributed by atoms with Crippen molar-refractivity contribution in [1.82, 2.24) is 9.97 Å². The Morgan fingerprint density at radius 1 is 1.06 bits per heavy atom. The standard InChI is InChI=1S/C14H18N4/c1-11-14(17-8-7-16-11)18(2)10-13-5-3-12(9-15)4-6-13/h3-8H,9-10,15H2,1-2H3. The Balaban J connectivity index is 2.11. The van der Waals surface area contributed by atoms with Gasteiger partial charge in [0.25, 0.3) is 0 Å². The smallest absolute Gasteiger partial charge is 0.150 e. The van der Waals surface area contributed by atoms with E-state index in [1.165, 1.54) is 5.56 Å². The Labute approximate surface area is 107 Å². The summed E-state index contributed by atoms with van der Waals surface area (Å²) >= 11 is 0. The molecule has 0 aliphatic rings. The summed E-state index contributed by atoms with van der Waals surface area (Å²) in [5.74, 6) is 0.917. The number of benzene rings is 1. The largest absolute Gasteiger partial charge is 0.354 e. The first-order valence-corrected chi connectivity index (χ1v) is 5.97. The van der Waals surface area contributed by atoms with Crippen LogP contribution in [0.1, 0.15) is 16.8 Å². The van der Waals surface area contributed by atoms with Crippen molar-refractivity contribution in [2.24, 2.45) is 5.73 Å². The molecule has 0 bridgehead atoms. The van der Waals surface area contributed by atoms with Gasteiger partial charge in [0.05, 0.1) is 5.69 Å². The van der Waals surface area contributed by atoms with E-state index in [0.717, 1.165) is 23.6 Å². The zero-order valence-electron chi connectivity index (χ0n) is 10.8. The van der Waals surface area contributed by atoms with Crippen molar-refractivity contribution in [3.63, 3.8) is 0 Å². The van der Waals surface area contributed by atoms with Crippen LogP contribution in [0.25, 0.3) is 0 Å². The van der Waals surface area contributed by atoms with E-state index in [0.29, 0.717) is 6.54 Å². The first kappa shape index (κ1) is 12.5. The molecule has 94 valence electrons. The van der Waals surface area contributed by atoms with E-state index in [4.69, 9.17) is 5.73 Å². The number of rotatable bonds is 4. The Morgan fingerprint density at radius 2 is 1.67 bits per heavy atom. The highest BCUT2D eigenvalue weighted by atomic mass is 15.2. The summed E-state index contributed by atoms with van der Waals surface area (Å²) in [6.07, 6.45) is 3.43. The molecule has 2 aromatic rings. The van der Waals surface area contributed by atoms with Gasteiger partial charge in [0.2, 0.25) is 0 Å². The second kappa shape index (κ2) is 5.60. The Morgan fingerprint density at radius 3 is 2.28 bits per heavy atom. The summed E-state index contributed by atoms with van der Waals surface area (Å²) in [5.41, 5.74) is 8.91. The predicted molar refractivity (Wildman–Crippen MR) is 73.2 cm³/mol. The minimum Gasteiger partial charge on any atom is -0.354 e. The summed E-state index contributed by atoms with van der Waals surface area (Å²) in [4.78, 5) is 10.7. The fourth-order valence-corrected chi connectivity index (χ4v) is 1.90. The van der Waals surface area contributed by atoms with E-state index >= 15 is 0 Å². The minimum atomic E-state index is 0.583. The van der Waals surface area contributed by atoms with Crippen molar-refractivity contribution < 1.29 is 0 Å². The molecule has 0 amide bonds. The molecule has 2 N–H and O–H groups in total. The van der Waals surface area contributed by atoms with E-state index < -0.39 is 0 Å². The maximum absolute atomic E-state index is 5.58. The molecule has 0 radical (unpaired) electrons. The molecule has 0 saturated carbocycles. The lowest BCUT2D eigenvalue weighted by molar-refractivity contribution is 0.876. The van der Waals surface area contributed by atoms with Crippen LogP contribution >= 0.6 is 0 Å². The van der Waals surface area contributed by atoms with Crippen LogP contribution < -0.4 is 10.6 Å². The van der Waals surface area contributed by atoms with Crippen molar-refractivity contribution in [2.45, 2.75) is 20.0 Å². The van der Waals surface area contributed by atoms with Gasteiger partial charge in [-0.25, -0.2) is 4.98 Å². The second-order valence-electron chi connectivity index (χ2n) is 4.34. The molecule has 0 saturated heterocycles. The zero-order chi connectivity index (χ0) is 13.0. The summed E-state index contributed by atoms with van der Waals surface area (Å²) < 4.78 is 0. The van der Waals surface area contributed by atoms with E-state index in [-0.39, 0.29) is 0 Å². The highest BCUT2D eigenvalue weighted by Gasteiger charge is 2.06. The third kappa shape index (κ3) is 2.84. The number of hydrogen-bond donors (Lipinski definition) is 1. The molecule has 0 unspecified atom stereocenters. The molecule has 4 nitrogen and oxygen atoms in total. The fraction of sp³-hybridized carbons (Fsp3) is 0.286. The summed E-state index contributed by atoms with van der Waals surface area (Å²) in [6, 6.07) is 8.33. The minimum absolute atomic E-state index is 0.583. The fourth-order valence-electron chi connectivity index (χ4n) is 1.90. The SMILES string of the molecule is Cc1nccnc1N(C)Cc1ccc(CN)cc1. The van der Waals surface area contributed by atoms with Crippen LogP contribution in [0.3, 0.4) is 0 Å². The Bertz CT molecular complexity index is 507. The molecule has 0 aliphatic carbocycles. The third-order valence-electron chi connectivity index (χ3n) is 2.90. The number of anilines is 1. The normalized spacial score (nSPS) is 10.4. The van der Waals surface area contributed by atoms with Crippen LogP contribution in [0.4, 0.5) is 5.82 Å². The molecule has 1 heterocycles. The highest BCUT2D eigenvalue weighted by molar-refractivity contribution is 5.42. The quantitative estimate of drug-likeness (QED) is 0.889. The average molecular weight is 242 g/mol. The van der Waals surface area contributed by atoms with Gasteiger partial charge < -0.3 is 10.6 Å². The average Bonchev–Trinajstić information content (AvgIpc) is 2.40. The summed E-state index contributed by atoms with van der Waals surface area (Å²) in [6.45, 7) is 3.36. The van der Waals surface area contributed by atoms with Gasteiger partial charge in [-0.15, -0.1) is 0 Å². The molecule has 1 aromatic heterocycles. The predicted octanol–water partition coefficient (Wildman–Crippen LogP) is 1.88. The zero-order valence-corrected chi connectivity index (χ0v) is 10.8. The van der Waals surface area contributed by atoms with Crippen LogP contribution in [-0.4, -0.2) is 17.0 Å². The van der Waals surface area contributed by atoms with Crippen molar-refractivity contribution in [3.8, 4) is 0 Å². The Hall–Kier alpha value is -1.94. The molecule has 0 fully saturated rings. The van der Waals surface area contributed by atoms with E-state index in [9.17, 15) is 0 Å². The van der Waals surface area contributed by atoms with Gasteiger partial charge in [0.1, 0.15) is 5.82 Å². The topological polar surface area (TPSA) is 55.0 Å². The first-order chi connectivity index (χ1) is 8.70. The first-order valence-electron chi connectivity index (χ1n) is 5.97. The molecule has 2 rings (SSSR count). The van der Waals surface area contributed by atoms with Crippen molar-refractivity contribution in [2.75, 3.05) is 11.9 Å². The number of nitrogens with zero attached hydrogens (tertiary/aromatic N) is 3. The molecule has 18 heavy (non-hydrogen) atoms. The number of hydrogen-bond acceptors (Lipinski definition) is 4. The maximum atomic E-state index is 5.58. The Kier molecular flexibility index (Phi) is 3.89. The van der Waals surface area contributed by atoms with Crippen molar-refractivity contribution in [1.29, 1.82) is 0 Å². The number of nitrogens with two attached hydrogens (primary N) is 1. The van der Waals surface area contributed by atoms with Gasteiger partial charge in [0.15, 0.2) is 0 Å². The van der Waals surface area contributed by atoms with Crippen LogP contribution in [0, 0.1) is 6.92 Å². The monoisotopic (exact) mass is 242 g/mol. The summed E-state index contributed by atoms with van der Waals surface area (Å²) in [5, 5.41) is 0. The lowest BCUT2D eigenvalue weighted by Gasteiger charge is -2.19. The van der Waals surface area contributed by atoms with E-state index in [1.807, 2.05) is 14.0 Å². The molecule has 1 aromatic carbocycles. The lowest BCUT2D eigenvalue weighted by Crippen LogP contribution is -2.19. The molecular formula is C14H18N4. The molecule has 4 heteroatoms. The highest BCUT2D eigenvalue weighted by Crippen LogP contribution is 2.15. The molecule has 0 spiro atoms. The van der Waals surface area contributed by atoms with E-state index in [1.54, 1.807) is 12.4 Å². The van der Waals surface area contributed by atoms with Gasteiger partial charge in [-0.3, -0.25) is 4.98 Å². The van der Waals surface area contributed by atoms with Gasteiger partial charge in [-0.1, -0.05) is 24.3 Å². The number of aryl methyl sites for hydroxylation is 1. The van der Waals surface area contributed by atoms with Gasteiger partial charge in [-0.2, -0.15) is 0 Å². The number of aromatic nitrogens is 2. The van der Waals surface area contributed by atoms with Crippen LogP contribution in [0.5, 0.6) is 0 Å². The van der Waals surface area contributed by atoms with Gasteiger partial charge in [0, 0.05) is 32.5 Å². The molecule has 0 aliphatic heterocycles. The maximum Gasteiger partial charge on any atom is 0.150 e. The van der Waals surface area contributed by atoms with Crippen LogP contribution in [-0.2, 0) is 13.1 Å². The second-order valence-corrected chi connectivity index (χ2v) is 4.34. The van der Waals surface area contributed by atoms with Crippen molar-refractivity contribution in [3.05, 3.63) is 53.5 Å². The molecule has 0 atom stereocenters. The van der Waals surface area contributed by atoms with E-state index in [2.05, 4.69) is 39.1 Å². The van der Waals surface area contributed by atoms with Crippen LogP contribution in [0.2, 0.25) is 0 Å². The lowest BCUT2D eigenvalue weighted by atomic mass is 10.1.